The Morgan fingerprint density at radius 2 is 1.48 bits per heavy atom. The Kier molecular flexibility index (Phi) is 19.2. The molecule has 58 heavy (non-hydrogen) atoms. The third-order valence-electron chi connectivity index (χ3n) is 7.34. The third-order valence-corrected chi connectivity index (χ3v) is 12.1. The van der Waals surface area contributed by atoms with E-state index < -0.39 is 101 Å². The van der Waals surface area contributed by atoms with Crippen molar-refractivity contribution in [1.82, 2.24) is 15.0 Å². The molecule has 1 heterocycles. The molecule has 0 saturated heterocycles. The van der Waals surface area contributed by atoms with Crippen LogP contribution < -0.4 is 104 Å². The number of phenolic OH excluding ortho intramolecular Hbond substituents is 1. The molecule has 0 aliphatic heterocycles. The van der Waals surface area contributed by atoms with E-state index >= 15 is 0 Å². The second kappa shape index (κ2) is 21.3. The number of azo groups is 1. The molecule has 28 heteroatoms. The van der Waals surface area contributed by atoms with Gasteiger partial charge in [0, 0.05) is 28.6 Å². The van der Waals surface area contributed by atoms with Crippen LogP contribution in [0.25, 0.3) is 10.8 Å². The molecule has 1 atom stereocenters. The van der Waals surface area contributed by atoms with E-state index in [4.69, 9.17) is 0 Å². The smallest absolute Gasteiger partial charge is 0.744 e. The first kappa shape index (κ1) is 52.2. The quantitative estimate of drug-likeness (QED) is 0.0374. The molecule has 1 amide bonds. The van der Waals surface area contributed by atoms with Crippen LogP contribution in [0.3, 0.4) is 0 Å². The van der Waals surface area contributed by atoms with Gasteiger partial charge in [-0.1, -0.05) is 50.1 Å². The fourth-order valence-electron chi connectivity index (χ4n) is 4.97. The molecule has 20 nitrogen and oxygen atoms in total. The van der Waals surface area contributed by atoms with Crippen LogP contribution in [-0.2, 0) is 35.1 Å². The molecule has 0 spiro atoms. The van der Waals surface area contributed by atoms with E-state index in [1.165, 1.54) is 0 Å². The van der Waals surface area contributed by atoms with Gasteiger partial charge in [0.2, 0.25) is 17.8 Å². The van der Waals surface area contributed by atoms with Crippen LogP contribution in [0.2, 0.25) is 0 Å². The Labute approximate surface area is 414 Å². The van der Waals surface area contributed by atoms with Crippen LogP contribution in [-0.4, -0.2) is 86.7 Å². The van der Waals surface area contributed by atoms with E-state index in [9.17, 15) is 53.9 Å². The summed E-state index contributed by atoms with van der Waals surface area (Å²) in [5.74, 6) is -2.37. The topological polar surface area (TPSA) is 320 Å². The number of benzene rings is 4. The van der Waals surface area contributed by atoms with Crippen LogP contribution in [0, 0.1) is 0 Å². The number of nitrogens with one attached hydrogen (secondary N) is 2. The fraction of sp³-hybridized carbons (Fsp3) is 0.133. The number of carbonyl (C=O) groups is 1. The molecule has 0 aliphatic carbocycles. The molecule has 1 unspecified atom stereocenters. The molecular formula is C30H23Br2N8Na3O12S3. The summed E-state index contributed by atoms with van der Waals surface area (Å²) < 4.78 is 110. The number of rotatable bonds is 13. The number of amides is 1. The summed E-state index contributed by atoms with van der Waals surface area (Å²) in [6, 6.07) is 12.5. The van der Waals surface area contributed by atoms with Crippen molar-refractivity contribution in [1.29, 1.82) is 0 Å². The molecule has 4 aromatic carbocycles. The number of halogens is 2. The molecule has 5 aromatic rings. The van der Waals surface area contributed by atoms with E-state index in [2.05, 4.69) is 67.7 Å². The van der Waals surface area contributed by atoms with Gasteiger partial charge in [0.1, 0.15) is 46.6 Å². The van der Waals surface area contributed by atoms with Gasteiger partial charge in [0.05, 0.1) is 20.4 Å². The van der Waals surface area contributed by atoms with E-state index in [1.54, 1.807) is 42.2 Å². The first-order valence-electron chi connectivity index (χ1n) is 15.0. The normalized spacial score (nSPS) is 12.2. The van der Waals surface area contributed by atoms with E-state index in [1.807, 2.05) is 0 Å². The molecule has 0 fully saturated rings. The van der Waals surface area contributed by atoms with Crippen LogP contribution >= 0.6 is 31.9 Å². The van der Waals surface area contributed by atoms with Crippen molar-refractivity contribution in [3.8, 4) is 11.8 Å². The van der Waals surface area contributed by atoms with Crippen molar-refractivity contribution in [2.75, 3.05) is 27.4 Å². The molecule has 1 aromatic heterocycles. The predicted octanol–water partition coefficient (Wildman–Crippen LogP) is -4.43. The number of anilines is 5. The Hall–Kier alpha value is -1.89. The van der Waals surface area contributed by atoms with Crippen LogP contribution in [0.15, 0.2) is 91.6 Å². The van der Waals surface area contributed by atoms with Crippen molar-refractivity contribution in [3.05, 3.63) is 66.7 Å². The predicted molar refractivity (Wildman–Crippen MR) is 199 cm³/mol. The number of hydrogen-bond acceptors (Lipinski definition) is 19. The van der Waals surface area contributed by atoms with Gasteiger partial charge in [-0.2, -0.15) is 15.0 Å². The Morgan fingerprint density at radius 3 is 2.05 bits per heavy atom. The fourth-order valence-corrected chi connectivity index (χ4v) is 7.15. The van der Waals surface area contributed by atoms with Gasteiger partial charge in [-0.15, -0.1) is 10.2 Å². The summed E-state index contributed by atoms with van der Waals surface area (Å²) in [6.07, 6.45) is 0. The van der Waals surface area contributed by atoms with E-state index in [0.29, 0.717) is 23.9 Å². The molecule has 0 saturated carbocycles. The summed E-state index contributed by atoms with van der Waals surface area (Å²) in [7, 11) is -16.2. The molecule has 4 N–H and O–H groups in total. The van der Waals surface area contributed by atoms with Gasteiger partial charge in [-0.3, -0.25) is 4.79 Å². The maximum atomic E-state index is 12.5. The van der Waals surface area contributed by atoms with Crippen molar-refractivity contribution in [2.24, 2.45) is 10.2 Å². The van der Waals surface area contributed by atoms with Crippen LogP contribution in [0.1, 0.15) is 6.92 Å². The summed E-state index contributed by atoms with van der Waals surface area (Å²) in [6.45, 7) is 2.03. The average Bonchev–Trinajstić information content (AvgIpc) is 3.09. The maximum Gasteiger partial charge on any atom is 1.00 e. The van der Waals surface area contributed by atoms with Crippen LogP contribution in [0.4, 0.5) is 40.3 Å². The second-order valence-electron chi connectivity index (χ2n) is 11.0. The number of fused-ring (bicyclic) bond motifs is 1. The minimum atomic E-state index is -5.63. The van der Waals surface area contributed by atoms with E-state index in [0.717, 1.165) is 18.2 Å². The summed E-state index contributed by atoms with van der Waals surface area (Å²) in [5, 5.41) is 33.3. The van der Waals surface area contributed by atoms with E-state index in [-0.39, 0.29) is 112 Å². The molecule has 0 bridgehead atoms. The zero-order valence-electron chi connectivity index (χ0n) is 30.5. The van der Waals surface area contributed by atoms with Crippen molar-refractivity contribution in [2.45, 2.75) is 26.4 Å². The van der Waals surface area contributed by atoms with Gasteiger partial charge in [0.25, 0.3) is 0 Å². The van der Waals surface area contributed by atoms with Gasteiger partial charge >= 0.3 is 94.7 Å². The number of aromatic hydroxyl groups is 2. The van der Waals surface area contributed by atoms with Gasteiger partial charge in [-0.05, 0) is 60.8 Å². The van der Waals surface area contributed by atoms with Gasteiger partial charge in [0.15, 0.2) is 5.75 Å². The number of phenols is 1. The van der Waals surface area contributed by atoms with Gasteiger partial charge < -0.3 is 39.4 Å². The number of nitrogens with zero attached hydrogens (tertiary/aromatic N) is 6. The maximum absolute atomic E-state index is 12.5. The minimum absolute atomic E-state index is 0. The molecule has 290 valence electrons. The summed E-state index contributed by atoms with van der Waals surface area (Å²) in [4.78, 5) is 21.9. The number of para-hydroxylation sites is 1. The van der Waals surface area contributed by atoms with Crippen molar-refractivity contribution in [3.63, 3.8) is 0 Å². The number of hydrogen-bond donors (Lipinski definition) is 4. The zero-order chi connectivity index (χ0) is 40.5. The molecular weight excluding hydrogens is 989 g/mol. The second-order valence-corrected chi connectivity index (χ2v) is 16.8. The zero-order valence-corrected chi connectivity index (χ0v) is 42.1. The summed E-state index contributed by atoms with van der Waals surface area (Å²) >= 11 is 6.21. The SMILES string of the molecule is CCN(c1ccccc1)c1nc(O)nc(Nc2cc(S(=O)(=O)[O-])cc3cc(S(=O)(=O)[O-])c(N=Nc4cc(NC(=O)C(Br)CBr)ccc4S(=O)(=O)[O-])c(O)c23)n1.[Na+].[Na+].[Na+]. The van der Waals surface area contributed by atoms with Gasteiger partial charge in [-0.25, -0.2) is 25.3 Å². The first-order chi connectivity index (χ1) is 25.7. The summed E-state index contributed by atoms with van der Waals surface area (Å²) in [5.41, 5.74) is -1.88. The Balaban J connectivity index is 0.00000387. The number of aromatic nitrogens is 3. The standard InChI is InChI=1S/C30H26Br2N8O12S3.3Na/c1-2-40(17-6-4-3-5-7-17)29-35-28(36-30(43)37-29)34-21-13-18(53(44,45)46)10-15-11-23(55(50,51)52)25(26(41)24(15)21)39-38-20-12-16(33-27(42)19(32)14-31)8-9-22(20)54(47,48)49;;;/h3-13,19,41H,2,14H2,1H3,(H,33,42)(H,44,45,46)(H,47,48,49)(H,50,51,52)(H2,34,35,36,37,43);;;/q;3*+1/p-3. The number of alkyl halides is 2. The molecule has 5 rings (SSSR count). The third kappa shape index (κ3) is 12.6. The Morgan fingerprint density at radius 1 is 0.845 bits per heavy atom. The minimum Gasteiger partial charge on any atom is -0.744 e. The molecule has 0 radical (unpaired) electrons. The largest absolute Gasteiger partial charge is 1.00 e. The van der Waals surface area contributed by atoms with Crippen LogP contribution in [0.5, 0.6) is 11.8 Å². The van der Waals surface area contributed by atoms with Crippen molar-refractivity contribution < 1.29 is 143 Å². The van der Waals surface area contributed by atoms with Crippen molar-refractivity contribution >= 4 is 119 Å². The molecule has 0 aliphatic rings. The average molecular weight is 1010 g/mol. The Bertz CT molecular complexity index is 2710. The monoisotopic (exact) mass is 1010 g/mol. The first-order valence-corrected chi connectivity index (χ1v) is 21.3. The number of carbonyl (C=O) groups excluding carboxylic acids is 1.